The Morgan fingerprint density at radius 3 is 2.42 bits per heavy atom. The summed E-state index contributed by atoms with van der Waals surface area (Å²) in [5.74, 6) is 0. The molecule has 0 spiro atoms. The van der Waals surface area contributed by atoms with Crippen LogP contribution in [-0.2, 0) is 5.41 Å². The van der Waals surface area contributed by atoms with E-state index in [1.54, 1.807) is 11.3 Å². The molecule has 1 atom stereocenters. The maximum atomic E-state index is 6.33. The number of thiophene rings is 1. The Bertz CT molecular complexity index is 519. The van der Waals surface area contributed by atoms with Crippen LogP contribution in [0.5, 0.6) is 0 Å². The minimum atomic E-state index is -0.00817. The second-order valence-electron chi connectivity index (χ2n) is 5.21. The van der Waals surface area contributed by atoms with Crippen LogP contribution in [0.3, 0.4) is 0 Å². The molecule has 3 heteroatoms. The summed E-state index contributed by atoms with van der Waals surface area (Å²) in [6.07, 6.45) is 0. The molecule has 0 aliphatic heterocycles. The molecule has 1 nitrogen and oxygen atoms in total. The first-order valence-electron chi connectivity index (χ1n) is 6.59. The van der Waals surface area contributed by atoms with Gasteiger partial charge in [-0.05, 0) is 23.6 Å². The minimum Gasteiger partial charge on any atom is -0.309 e. The average molecular weight is 294 g/mol. The maximum Gasteiger partial charge on any atom is 0.0561 e. The van der Waals surface area contributed by atoms with Crippen molar-refractivity contribution in [2.75, 3.05) is 6.54 Å². The molecule has 2 aromatic rings. The summed E-state index contributed by atoms with van der Waals surface area (Å²) in [7, 11) is 0. The Morgan fingerprint density at radius 1 is 1.21 bits per heavy atom. The molecule has 0 radical (unpaired) electrons. The van der Waals surface area contributed by atoms with Gasteiger partial charge in [-0.3, -0.25) is 0 Å². The van der Waals surface area contributed by atoms with E-state index in [0.29, 0.717) is 0 Å². The molecule has 1 aromatic carbocycles. The van der Waals surface area contributed by atoms with E-state index in [4.69, 9.17) is 11.6 Å². The van der Waals surface area contributed by atoms with E-state index >= 15 is 0 Å². The van der Waals surface area contributed by atoms with Gasteiger partial charge in [0.1, 0.15) is 0 Å². The highest BCUT2D eigenvalue weighted by molar-refractivity contribution is 7.10. The van der Waals surface area contributed by atoms with Crippen LogP contribution in [0.15, 0.2) is 41.8 Å². The van der Waals surface area contributed by atoms with Crippen molar-refractivity contribution in [1.29, 1.82) is 0 Å². The summed E-state index contributed by atoms with van der Waals surface area (Å²) >= 11 is 8.06. The molecule has 0 saturated heterocycles. The van der Waals surface area contributed by atoms with Crippen molar-refractivity contribution in [3.05, 3.63) is 57.2 Å². The zero-order valence-electron chi connectivity index (χ0n) is 11.6. The third-order valence-corrected chi connectivity index (χ3v) is 4.98. The summed E-state index contributed by atoms with van der Waals surface area (Å²) in [5.41, 5.74) is 1.32. The van der Waals surface area contributed by atoms with Gasteiger partial charge >= 0.3 is 0 Å². The van der Waals surface area contributed by atoms with E-state index in [9.17, 15) is 0 Å². The number of nitrogens with one attached hydrogen (secondary N) is 1. The lowest BCUT2D eigenvalue weighted by atomic mass is 9.77. The molecule has 0 bridgehead atoms. The van der Waals surface area contributed by atoms with Crippen molar-refractivity contribution >= 4 is 22.9 Å². The molecule has 0 aliphatic rings. The lowest BCUT2D eigenvalue weighted by molar-refractivity contribution is 0.359. The second-order valence-corrected chi connectivity index (χ2v) is 6.57. The molecular formula is C16H20ClNS. The molecule has 0 saturated carbocycles. The van der Waals surface area contributed by atoms with E-state index in [0.717, 1.165) is 11.6 Å². The number of rotatable bonds is 5. The van der Waals surface area contributed by atoms with Gasteiger partial charge in [-0.15, -0.1) is 11.3 Å². The molecule has 1 heterocycles. The number of benzene rings is 1. The Morgan fingerprint density at radius 2 is 1.89 bits per heavy atom. The zero-order valence-corrected chi connectivity index (χ0v) is 13.2. The number of halogens is 1. The van der Waals surface area contributed by atoms with Crippen LogP contribution in [0.2, 0.25) is 5.02 Å². The fraction of sp³-hybridized carbons (Fsp3) is 0.375. The highest BCUT2D eigenvalue weighted by atomic mass is 35.5. The quantitative estimate of drug-likeness (QED) is 0.815. The topological polar surface area (TPSA) is 12.0 Å². The van der Waals surface area contributed by atoms with Crippen molar-refractivity contribution < 1.29 is 0 Å². The van der Waals surface area contributed by atoms with E-state index in [2.05, 4.69) is 61.8 Å². The smallest absolute Gasteiger partial charge is 0.0561 e. The van der Waals surface area contributed by atoms with Gasteiger partial charge in [0.05, 0.1) is 11.1 Å². The van der Waals surface area contributed by atoms with E-state index < -0.39 is 0 Å². The van der Waals surface area contributed by atoms with E-state index in [-0.39, 0.29) is 11.5 Å². The minimum absolute atomic E-state index is 0.00817. The predicted octanol–water partition coefficient (Wildman–Crippen LogP) is 5.03. The van der Waals surface area contributed by atoms with Crippen LogP contribution in [0.25, 0.3) is 0 Å². The first kappa shape index (κ1) is 14.6. The largest absolute Gasteiger partial charge is 0.309 e. The number of hydrogen-bond donors (Lipinski definition) is 1. The second kappa shape index (κ2) is 6.08. The van der Waals surface area contributed by atoms with E-state index in [1.807, 2.05) is 6.07 Å². The predicted molar refractivity (Wildman–Crippen MR) is 85.2 cm³/mol. The Labute approximate surface area is 124 Å². The van der Waals surface area contributed by atoms with Gasteiger partial charge in [-0.1, -0.05) is 62.7 Å². The maximum absolute atomic E-state index is 6.33. The molecule has 0 amide bonds. The van der Waals surface area contributed by atoms with E-state index in [1.165, 1.54) is 10.4 Å². The van der Waals surface area contributed by atoms with Gasteiger partial charge in [0.15, 0.2) is 0 Å². The molecule has 2 rings (SSSR count). The monoisotopic (exact) mass is 293 g/mol. The van der Waals surface area contributed by atoms with Crippen LogP contribution < -0.4 is 5.32 Å². The third kappa shape index (κ3) is 3.02. The summed E-state index contributed by atoms with van der Waals surface area (Å²) in [4.78, 5) is 1.22. The molecule has 1 N–H and O–H groups in total. The molecule has 1 unspecified atom stereocenters. The van der Waals surface area contributed by atoms with Gasteiger partial charge in [0.25, 0.3) is 0 Å². The van der Waals surface area contributed by atoms with Crippen LogP contribution >= 0.6 is 22.9 Å². The lowest BCUT2D eigenvalue weighted by Gasteiger charge is -2.35. The zero-order chi connectivity index (χ0) is 13.9. The number of likely N-dealkylation sites (N-methyl/N-ethyl adjacent to an activating group) is 1. The van der Waals surface area contributed by atoms with Crippen molar-refractivity contribution in [2.45, 2.75) is 32.2 Å². The SMILES string of the molecule is CCNC(c1sccc1Cl)C(C)(C)c1ccccc1. The molecule has 1 aromatic heterocycles. The lowest BCUT2D eigenvalue weighted by Crippen LogP contribution is -2.37. The highest BCUT2D eigenvalue weighted by Gasteiger charge is 2.33. The highest BCUT2D eigenvalue weighted by Crippen LogP contribution is 2.41. The summed E-state index contributed by atoms with van der Waals surface area (Å²) in [6.45, 7) is 7.60. The van der Waals surface area contributed by atoms with Gasteiger partial charge < -0.3 is 5.32 Å². The van der Waals surface area contributed by atoms with Crippen LogP contribution in [0.4, 0.5) is 0 Å². The molecule has 0 fully saturated rings. The van der Waals surface area contributed by atoms with Crippen molar-refractivity contribution in [2.24, 2.45) is 0 Å². The van der Waals surface area contributed by atoms with Crippen molar-refractivity contribution in [3.63, 3.8) is 0 Å². The summed E-state index contributed by atoms with van der Waals surface area (Å²) in [6, 6.07) is 12.8. The average Bonchev–Trinajstić information content (AvgIpc) is 2.83. The molecular weight excluding hydrogens is 274 g/mol. The standard InChI is InChI=1S/C16H20ClNS/c1-4-18-15(14-13(17)10-11-19-14)16(2,3)12-8-6-5-7-9-12/h5-11,15,18H,4H2,1-3H3. The number of hydrogen-bond acceptors (Lipinski definition) is 2. The molecule has 102 valence electrons. The van der Waals surface area contributed by atoms with Crippen molar-refractivity contribution in [3.8, 4) is 0 Å². The summed E-state index contributed by atoms with van der Waals surface area (Å²) in [5, 5.41) is 6.51. The van der Waals surface area contributed by atoms with Crippen molar-refractivity contribution in [1.82, 2.24) is 5.32 Å². The van der Waals surface area contributed by atoms with Gasteiger partial charge in [-0.25, -0.2) is 0 Å². The van der Waals surface area contributed by atoms with Crippen LogP contribution in [-0.4, -0.2) is 6.54 Å². The van der Waals surface area contributed by atoms with Crippen LogP contribution in [0, 0.1) is 0 Å². The third-order valence-electron chi connectivity index (χ3n) is 3.55. The van der Waals surface area contributed by atoms with Gasteiger partial charge in [-0.2, -0.15) is 0 Å². The molecule has 19 heavy (non-hydrogen) atoms. The Balaban J connectivity index is 2.41. The fourth-order valence-electron chi connectivity index (χ4n) is 2.43. The molecule has 0 aliphatic carbocycles. The Kier molecular flexibility index (Phi) is 4.67. The van der Waals surface area contributed by atoms with Crippen LogP contribution in [0.1, 0.15) is 37.3 Å². The normalized spacial score (nSPS) is 13.5. The first-order valence-corrected chi connectivity index (χ1v) is 7.85. The van der Waals surface area contributed by atoms with Gasteiger partial charge in [0, 0.05) is 10.3 Å². The van der Waals surface area contributed by atoms with Gasteiger partial charge in [0.2, 0.25) is 0 Å². The summed E-state index contributed by atoms with van der Waals surface area (Å²) < 4.78 is 0. The fourth-order valence-corrected chi connectivity index (χ4v) is 3.85. The first-order chi connectivity index (χ1) is 9.07. The Hall–Kier alpha value is -0.830.